The number of halogens is 3. The van der Waals surface area contributed by atoms with E-state index in [1.807, 2.05) is 0 Å². The fourth-order valence-corrected chi connectivity index (χ4v) is 1.78. The highest BCUT2D eigenvalue weighted by Gasteiger charge is 2.15. The Kier molecular flexibility index (Phi) is 3.19. The molecule has 2 aromatic carbocycles. The van der Waals surface area contributed by atoms with Gasteiger partial charge in [0.25, 0.3) is 0 Å². The minimum Gasteiger partial charge on any atom is -0.298 e. The first kappa shape index (κ1) is 12.4. The second kappa shape index (κ2) is 4.64. The number of benzene rings is 2. The van der Waals surface area contributed by atoms with Crippen LogP contribution in [0.15, 0.2) is 30.3 Å². The van der Waals surface area contributed by atoms with Crippen LogP contribution in [-0.2, 0) is 0 Å². The summed E-state index contributed by atoms with van der Waals surface area (Å²) >= 11 is 0. The first-order valence-electron chi connectivity index (χ1n) is 5.23. The van der Waals surface area contributed by atoms with Crippen LogP contribution in [0.2, 0.25) is 0 Å². The summed E-state index contributed by atoms with van der Waals surface area (Å²) in [6.45, 7) is 1.66. The summed E-state index contributed by atoms with van der Waals surface area (Å²) in [5.74, 6) is -2.95. The van der Waals surface area contributed by atoms with Gasteiger partial charge in [0.15, 0.2) is 0 Å². The van der Waals surface area contributed by atoms with Crippen molar-refractivity contribution < 1.29 is 18.0 Å². The molecule has 0 aliphatic rings. The third-order valence-corrected chi connectivity index (χ3v) is 2.67. The van der Waals surface area contributed by atoms with Crippen molar-refractivity contribution in [2.75, 3.05) is 0 Å². The SMILES string of the molecule is Cc1ccc(C=O)cc1-c1c(F)cc(F)cc1F. The highest BCUT2D eigenvalue weighted by atomic mass is 19.1. The molecule has 2 rings (SSSR count). The Labute approximate surface area is 102 Å². The van der Waals surface area contributed by atoms with Crippen molar-refractivity contribution in [3.8, 4) is 11.1 Å². The Bertz CT molecular complexity index is 597. The van der Waals surface area contributed by atoms with Gasteiger partial charge in [-0.3, -0.25) is 4.79 Å². The molecule has 0 fully saturated rings. The zero-order chi connectivity index (χ0) is 13.3. The average Bonchev–Trinajstić information content (AvgIpc) is 2.30. The Hall–Kier alpha value is -2.10. The quantitative estimate of drug-likeness (QED) is 0.739. The fraction of sp³-hybridized carbons (Fsp3) is 0.0714. The second-order valence-corrected chi connectivity index (χ2v) is 3.94. The van der Waals surface area contributed by atoms with E-state index in [9.17, 15) is 18.0 Å². The molecule has 2 aromatic rings. The average molecular weight is 250 g/mol. The van der Waals surface area contributed by atoms with Gasteiger partial charge in [0.1, 0.15) is 23.7 Å². The van der Waals surface area contributed by atoms with E-state index in [0.29, 0.717) is 29.5 Å². The summed E-state index contributed by atoms with van der Waals surface area (Å²) < 4.78 is 40.1. The van der Waals surface area contributed by atoms with Crippen LogP contribution in [-0.4, -0.2) is 6.29 Å². The van der Waals surface area contributed by atoms with Gasteiger partial charge in [0.2, 0.25) is 0 Å². The maximum Gasteiger partial charge on any atom is 0.150 e. The molecule has 0 heterocycles. The molecule has 0 amide bonds. The number of carbonyl (C=O) groups excluding carboxylic acids is 1. The van der Waals surface area contributed by atoms with Gasteiger partial charge in [-0.15, -0.1) is 0 Å². The van der Waals surface area contributed by atoms with Crippen LogP contribution in [0.1, 0.15) is 15.9 Å². The van der Waals surface area contributed by atoms with Crippen molar-refractivity contribution in [1.29, 1.82) is 0 Å². The minimum absolute atomic E-state index is 0.245. The molecule has 0 N–H and O–H groups in total. The molecular formula is C14H9F3O. The van der Waals surface area contributed by atoms with Gasteiger partial charge in [-0.25, -0.2) is 13.2 Å². The number of rotatable bonds is 2. The Morgan fingerprint density at radius 1 is 1.00 bits per heavy atom. The molecule has 0 bridgehead atoms. The van der Waals surface area contributed by atoms with E-state index < -0.39 is 17.5 Å². The van der Waals surface area contributed by atoms with Gasteiger partial charge >= 0.3 is 0 Å². The predicted octanol–water partition coefficient (Wildman–Crippen LogP) is 3.89. The standard InChI is InChI=1S/C14H9F3O/c1-8-2-3-9(7-18)4-11(8)14-12(16)5-10(15)6-13(14)17/h2-7H,1H3. The molecule has 0 saturated heterocycles. The highest BCUT2D eigenvalue weighted by molar-refractivity contribution is 5.80. The van der Waals surface area contributed by atoms with Gasteiger partial charge < -0.3 is 0 Å². The summed E-state index contributed by atoms with van der Waals surface area (Å²) in [5.41, 5.74) is 0.830. The molecule has 0 spiro atoms. The van der Waals surface area contributed by atoms with E-state index in [2.05, 4.69) is 0 Å². The van der Waals surface area contributed by atoms with E-state index in [1.54, 1.807) is 19.1 Å². The fourth-order valence-electron chi connectivity index (χ4n) is 1.78. The number of carbonyl (C=O) groups is 1. The first-order chi connectivity index (χ1) is 8.52. The molecule has 0 unspecified atom stereocenters. The zero-order valence-electron chi connectivity index (χ0n) is 9.51. The highest BCUT2D eigenvalue weighted by Crippen LogP contribution is 2.30. The molecule has 0 aliphatic carbocycles. The predicted molar refractivity (Wildman–Crippen MR) is 61.9 cm³/mol. The third kappa shape index (κ3) is 2.14. The molecule has 18 heavy (non-hydrogen) atoms. The lowest BCUT2D eigenvalue weighted by Crippen LogP contribution is -1.95. The number of aryl methyl sites for hydroxylation is 1. The number of hydrogen-bond acceptors (Lipinski definition) is 1. The Balaban J connectivity index is 2.72. The van der Waals surface area contributed by atoms with Crippen molar-refractivity contribution in [2.24, 2.45) is 0 Å². The van der Waals surface area contributed by atoms with Gasteiger partial charge in [-0.2, -0.15) is 0 Å². The minimum atomic E-state index is -0.987. The molecule has 4 heteroatoms. The Morgan fingerprint density at radius 2 is 1.61 bits per heavy atom. The molecule has 92 valence electrons. The van der Waals surface area contributed by atoms with E-state index >= 15 is 0 Å². The third-order valence-electron chi connectivity index (χ3n) is 2.67. The molecule has 0 atom stereocenters. The monoisotopic (exact) mass is 250 g/mol. The first-order valence-corrected chi connectivity index (χ1v) is 5.23. The van der Waals surface area contributed by atoms with Crippen molar-refractivity contribution in [2.45, 2.75) is 6.92 Å². The maximum absolute atomic E-state index is 13.6. The smallest absolute Gasteiger partial charge is 0.150 e. The summed E-state index contributed by atoms with van der Waals surface area (Å²) in [5, 5.41) is 0. The van der Waals surface area contributed by atoms with Gasteiger partial charge in [-0.05, 0) is 24.1 Å². The summed E-state index contributed by atoms with van der Waals surface area (Å²) in [6, 6.07) is 5.74. The van der Waals surface area contributed by atoms with E-state index in [0.717, 1.165) is 0 Å². The van der Waals surface area contributed by atoms with Crippen molar-refractivity contribution in [3.63, 3.8) is 0 Å². The second-order valence-electron chi connectivity index (χ2n) is 3.94. The topological polar surface area (TPSA) is 17.1 Å². The molecule has 0 aromatic heterocycles. The molecule has 1 nitrogen and oxygen atoms in total. The zero-order valence-corrected chi connectivity index (χ0v) is 9.51. The molecule has 0 radical (unpaired) electrons. The van der Waals surface area contributed by atoms with Crippen molar-refractivity contribution >= 4 is 6.29 Å². The van der Waals surface area contributed by atoms with Crippen LogP contribution >= 0.6 is 0 Å². The maximum atomic E-state index is 13.6. The lowest BCUT2D eigenvalue weighted by Gasteiger charge is -2.09. The number of aldehydes is 1. The van der Waals surface area contributed by atoms with E-state index in [4.69, 9.17) is 0 Å². The van der Waals surface area contributed by atoms with Crippen LogP contribution in [0.25, 0.3) is 11.1 Å². The van der Waals surface area contributed by atoms with Crippen LogP contribution in [0.5, 0.6) is 0 Å². The van der Waals surface area contributed by atoms with Gasteiger partial charge in [0, 0.05) is 17.7 Å². The largest absolute Gasteiger partial charge is 0.298 e. The number of hydrogen-bond donors (Lipinski definition) is 0. The van der Waals surface area contributed by atoms with Gasteiger partial charge in [-0.1, -0.05) is 12.1 Å². The van der Waals surface area contributed by atoms with Gasteiger partial charge in [0.05, 0.1) is 5.56 Å². The summed E-state index contributed by atoms with van der Waals surface area (Å²) in [6.07, 6.45) is 0.586. The van der Waals surface area contributed by atoms with E-state index in [1.165, 1.54) is 6.07 Å². The van der Waals surface area contributed by atoms with E-state index in [-0.39, 0.29) is 11.1 Å². The van der Waals surface area contributed by atoms with Crippen molar-refractivity contribution in [3.05, 3.63) is 58.9 Å². The van der Waals surface area contributed by atoms with Crippen LogP contribution in [0.4, 0.5) is 13.2 Å². The molecule has 0 aliphatic heterocycles. The lowest BCUT2D eigenvalue weighted by molar-refractivity contribution is 0.112. The van der Waals surface area contributed by atoms with Crippen molar-refractivity contribution in [1.82, 2.24) is 0 Å². The lowest BCUT2D eigenvalue weighted by atomic mass is 9.97. The summed E-state index contributed by atoms with van der Waals surface area (Å²) in [4.78, 5) is 10.7. The normalized spacial score (nSPS) is 10.4. The Morgan fingerprint density at radius 3 is 2.17 bits per heavy atom. The van der Waals surface area contributed by atoms with Crippen LogP contribution in [0, 0.1) is 24.4 Å². The summed E-state index contributed by atoms with van der Waals surface area (Å²) in [7, 11) is 0. The van der Waals surface area contributed by atoms with Crippen LogP contribution < -0.4 is 0 Å². The molecular weight excluding hydrogens is 241 g/mol. The molecule has 0 saturated carbocycles. The van der Waals surface area contributed by atoms with Crippen LogP contribution in [0.3, 0.4) is 0 Å².